The molecule has 26 heavy (non-hydrogen) atoms. The Morgan fingerprint density at radius 1 is 0.923 bits per heavy atom. The average Bonchev–Trinajstić information content (AvgIpc) is 2.62. The molecule has 8 heteroatoms. The second-order valence-corrected chi connectivity index (χ2v) is 5.47. The van der Waals surface area contributed by atoms with E-state index in [1.54, 1.807) is 14.2 Å². The Kier molecular flexibility index (Phi) is 8.97. The molecule has 0 aliphatic rings. The number of carboxylic acid groups (broad SMARTS) is 2. The number of carbonyl (C=O) groups is 2. The largest absolute Gasteiger partial charge is 0.493 e. The van der Waals surface area contributed by atoms with Crippen molar-refractivity contribution < 1.29 is 29.3 Å². The van der Waals surface area contributed by atoms with E-state index in [4.69, 9.17) is 40.9 Å². The maximum Gasteiger partial charge on any atom is 0.414 e. The van der Waals surface area contributed by atoms with E-state index in [1.165, 1.54) is 0 Å². The summed E-state index contributed by atoms with van der Waals surface area (Å²) in [5.41, 5.74) is 2.31. The number of methoxy groups -OCH3 is 2. The number of halogens is 1. The van der Waals surface area contributed by atoms with Gasteiger partial charge in [0.05, 0.1) is 14.2 Å². The first-order chi connectivity index (χ1) is 12.4. The van der Waals surface area contributed by atoms with E-state index in [1.807, 2.05) is 42.5 Å². The van der Waals surface area contributed by atoms with Crippen LogP contribution in [-0.4, -0.2) is 36.4 Å². The van der Waals surface area contributed by atoms with Crippen LogP contribution in [0.3, 0.4) is 0 Å². The molecule has 0 spiro atoms. The van der Waals surface area contributed by atoms with Crippen molar-refractivity contribution in [3.05, 3.63) is 58.6 Å². The van der Waals surface area contributed by atoms with Gasteiger partial charge in [-0.15, -0.1) is 0 Å². The highest BCUT2D eigenvalue weighted by Crippen LogP contribution is 2.27. The third-order valence-electron chi connectivity index (χ3n) is 3.18. The van der Waals surface area contributed by atoms with Crippen molar-refractivity contribution >= 4 is 23.5 Å². The zero-order valence-electron chi connectivity index (χ0n) is 14.4. The highest BCUT2D eigenvalue weighted by Gasteiger charge is 2.05. The van der Waals surface area contributed by atoms with Crippen LogP contribution in [0, 0.1) is 0 Å². The van der Waals surface area contributed by atoms with Crippen LogP contribution < -0.4 is 14.8 Å². The molecular weight excluding hydrogens is 362 g/mol. The van der Waals surface area contributed by atoms with Gasteiger partial charge in [0.1, 0.15) is 0 Å². The molecule has 0 bridgehead atoms. The van der Waals surface area contributed by atoms with Gasteiger partial charge in [0.25, 0.3) is 0 Å². The van der Waals surface area contributed by atoms with Gasteiger partial charge in [0, 0.05) is 18.1 Å². The minimum absolute atomic E-state index is 0.742. The Morgan fingerprint density at radius 2 is 1.50 bits per heavy atom. The fourth-order valence-corrected chi connectivity index (χ4v) is 2.20. The van der Waals surface area contributed by atoms with Crippen LogP contribution in [0.4, 0.5) is 0 Å². The number of hydrogen-bond acceptors (Lipinski definition) is 5. The van der Waals surface area contributed by atoms with Crippen LogP contribution in [0.15, 0.2) is 42.5 Å². The molecule has 7 nitrogen and oxygen atoms in total. The summed E-state index contributed by atoms with van der Waals surface area (Å²) in [6, 6.07) is 13.7. The van der Waals surface area contributed by atoms with Gasteiger partial charge in [-0.25, -0.2) is 9.59 Å². The van der Waals surface area contributed by atoms with Crippen molar-refractivity contribution in [1.82, 2.24) is 5.32 Å². The maximum absolute atomic E-state index is 9.10. The summed E-state index contributed by atoms with van der Waals surface area (Å²) < 4.78 is 10.5. The van der Waals surface area contributed by atoms with E-state index >= 15 is 0 Å². The first-order valence-corrected chi connectivity index (χ1v) is 7.87. The highest BCUT2D eigenvalue weighted by molar-refractivity contribution is 6.30. The lowest BCUT2D eigenvalue weighted by atomic mass is 10.2. The van der Waals surface area contributed by atoms with E-state index in [-0.39, 0.29) is 0 Å². The molecule has 0 unspecified atom stereocenters. The molecule has 2 rings (SSSR count). The second-order valence-electron chi connectivity index (χ2n) is 5.03. The van der Waals surface area contributed by atoms with Crippen LogP contribution in [0.2, 0.25) is 5.02 Å². The zero-order chi connectivity index (χ0) is 19.5. The molecule has 0 heterocycles. The summed E-state index contributed by atoms with van der Waals surface area (Å²) >= 11 is 5.96. The fraction of sp³-hybridized carbons (Fsp3) is 0.222. The molecule has 0 atom stereocenters. The van der Waals surface area contributed by atoms with Crippen LogP contribution in [0.5, 0.6) is 11.5 Å². The number of rotatable bonds is 6. The van der Waals surface area contributed by atoms with Gasteiger partial charge in [-0.05, 0) is 35.4 Å². The van der Waals surface area contributed by atoms with Crippen LogP contribution in [0.25, 0.3) is 0 Å². The maximum atomic E-state index is 9.10. The Balaban J connectivity index is 0.000000487. The normalized spacial score (nSPS) is 9.65. The standard InChI is InChI=1S/C16H18ClNO2.C2H2O4/c1-19-15-7-6-13(9-16(15)20-2)11-18-10-12-4-3-5-14(17)8-12;3-1(4)2(5)6/h3-9,18H,10-11H2,1-2H3;(H,3,4)(H,5,6). The lowest BCUT2D eigenvalue weighted by Gasteiger charge is -2.10. The first-order valence-electron chi connectivity index (χ1n) is 7.49. The van der Waals surface area contributed by atoms with Crippen molar-refractivity contribution in [2.75, 3.05) is 14.2 Å². The quantitative estimate of drug-likeness (QED) is 0.661. The smallest absolute Gasteiger partial charge is 0.414 e. The molecular formula is C18H20ClNO6. The molecule has 0 aliphatic heterocycles. The molecule has 0 radical (unpaired) electrons. The van der Waals surface area contributed by atoms with Gasteiger partial charge in [0.2, 0.25) is 0 Å². The lowest BCUT2D eigenvalue weighted by molar-refractivity contribution is -0.159. The van der Waals surface area contributed by atoms with Gasteiger partial charge in [-0.3, -0.25) is 0 Å². The molecule has 3 N–H and O–H groups in total. The summed E-state index contributed by atoms with van der Waals surface area (Å²) in [4.78, 5) is 18.2. The van der Waals surface area contributed by atoms with Gasteiger partial charge in [0.15, 0.2) is 11.5 Å². The van der Waals surface area contributed by atoms with Gasteiger partial charge in [-0.2, -0.15) is 0 Å². The van der Waals surface area contributed by atoms with E-state index in [2.05, 4.69) is 5.32 Å². The van der Waals surface area contributed by atoms with Crippen LogP contribution in [0.1, 0.15) is 11.1 Å². The van der Waals surface area contributed by atoms with Gasteiger partial charge in [-0.1, -0.05) is 29.8 Å². The van der Waals surface area contributed by atoms with E-state index < -0.39 is 11.9 Å². The summed E-state index contributed by atoms with van der Waals surface area (Å²) in [6.45, 7) is 1.53. The Morgan fingerprint density at radius 3 is 2.00 bits per heavy atom. The number of hydrogen-bond donors (Lipinski definition) is 3. The molecule has 2 aromatic rings. The number of ether oxygens (including phenoxy) is 2. The molecule has 0 fully saturated rings. The summed E-state index contributed by atoms with van der Waals surface area (Å²) in [7, 11) is 3.27. The molecule has 0 saturated carbocycles. The van der Waals surface area contributed by atoms with Crippen molar-refractivity contribution in [3.63, 3.8) is 0 Å². The van der Waals surface area contributed by atoms with Crippen LogP contribution in [-0.2, 0) is 22.7 Å². The van der Waals surface area contributed by atoms with Gasteiger partial charge >= 0.3 is 11.9 Å². The monoisotopic (exact) mass is 381 g/mol. The Hall–Kier alpha value is -2.77. The minimum atomic E-state index is -1.82. The molecule has 0 saturated heterocycles. The number of nitrogens with one attached hydrogen (secondary N) is 1. The van der Waals surface area contributed by atoms with Crippen molar-refractivity contribution in [2.45, 2.75) is 13.1 Å². The van der Waals surface area contributed by atoms with E-state index in [0.29, 0.717) is 0 Å². The molecule has 2 aromatic carbocycles. The average molecular weight is 382 g/mol. The van der Waals surface area contributed by atoms with E-state index in [0.717, 1.165) is 40.7 Å². The Labute approximate surface area is 156 Å². The first kappa shape index (κ1) is 21.3. The second kappa shape index (κ2) is 11.0. The Bertz CT molecular complexity index is 738. The van der Waals surface area contributed by atoms with Crippen LogP contribution >= 0.6 is 11.6 Å². The third-order valence-corrected chi connectivity index (χ3v) is 3.41. The zero-order valence-corrected chi connectivity index (χ0v) is 15.1. The molecule has 140 valence electrons. The number of aliphatic carboxylic acids is 2. The highest BCUT2D eigenvalue weighted by atomic mass is 35.5. The third kappa shape index (κ3) is 7.42. The fourth-order valence-electron chi connectivity index (χ4n) is 1.99. The van der Waals surface area contributed by atoms with Crippen molar-refractivity contribution in [2.24, 2.45) is 0 Å². The predicted molar refractivity (Wildman–Crippen MR) is 96.8 cm³/mol. The predicted octanol–water partition coefficient (Wildman–Crippen LogP) is 2.80. The number of carboxylic acids is 2. The van der Waals surface area contributed by atoms with Crippen molar-refractivity contribution in [1.29, 1.82) is 0 Å². The number of benzene rings is 2. The summed E-state index contributed by atoms with van der Waals surface area (Å²) in [5.74, 6) is -2.16. The van der Waals surface area contributed by atoms with E-state index in [9.17, 15) is 0 Å². The summed E-state index contributed by atoms with van der Waals surface area (Å²) in [6.07, 6.45) is 0. The SMILES string of the molecule is COc1ccc(CNCc2cccc(Cl)c2)cc1OC.O=C(O)C(=O)O. The summed E-state index contributed by atoms with van der Waals surface area (Å²) in [5, 5.41) is 18.9. The van der Waals surface area contributed by atoms with Crippen molar-refractivity contribution in [3.8, 4) is 11.5 Å². The van der Waals surface area contributed by atoms with Gasteiger partial charge < -0.3 is 25.0 Å². The lowest BCUT2D eigenvalue weighted by Crippen LogP contribution is -2.12. The topological polar surface area (TPSA) is 105 Å². The minimum Gasteiger partial charge on any atom is -0.493 e. The molecule has 0 aromatic heterocycles. The molecule has 0 aliphatic carbocycles. The molecule has 0 amide bonds.